The van der Waals surface area contributed by atoms with Crippen LogP contribution in [0.4, 0.5) is 0 Å². The Kier molecular flexibility index (Phi) is 7.08. The monoisotopic (exact) mass is 403 g/mol. The molecular formula is C21H30ClN5O. The number of aromatic nitrogens is 3. The second kappa shape index (κ2) is 9.52. The molecule has 1 amide bonds. The molecule has 7 heteroatoms. The minimum atomic E-state index is -0.0733. The van der Waals surface area contributed by atoms with Crippen molar-refractivity contribution in [3.63, 3.8) is 0 Å². The van der Waals surface area contributed by atoms with Gasteiger partial charge in [0.25, 0.3) is 5.91 Å². The lowest BCUT2D eigenvalue weighted by atomic mass is 9.82. The van der Waals surface area contributed by atoms with Crippen LogP contribution in [0.5, 0.6) is 0 Å². The number of hydrogen-bond donors (Lipinski definition) is 2. The van der Waals surface area contributed by atoms with Crippen LogP contribution in [0.3, 0.4) is 0 Å². The first-order chi connectivity index (χ1) is 13.2. The Morgan fingerprint density at radius 1 is 1.07 bits per heavy atom. The van der Waals surface area contributed by atoms with Crippen molar-refractivity contribution in [2.24, 2.45) is 0 Å². The van der Waals surface area contributed by atoms with E-state index >= 15 is 0 Å². The molecular weight excluding hydrogens is 374 g/mol. The molecule has 2 N–H and O–H groups in total. The number of hydrogen-bond acceptors (Lipinski definition) is 4. The molecule has 6 nitrogen and oxygen atoms in total. The number of benzene rings is 1. The number of carbonyl (C=O) groups is 1. The van der Waals surface area contributed by atoms with E-state index in [1.807, 2.05) is 11.6 Å². The fourth-order valence-corrected chi connectivity index (χ4v) is 4.50. The van der Waals surface area contributed by atoms with Crippen LogP contribution < -0.4 is 10.6 Å². The fourth-order valence-electron chi connectivity index (χ4n) is 4.50. The van der Waals surface area contributed by atoms with Gasteiger partial charge in [0, 0.05) is 6.04 Å². The van der Waals surface area contributed by atoms with E-state index in [4.69, 9.17) is 0 Å². The Labute approximate surface area is 172 Å². The van der Waals surface area contributed by atoms with Crippen LogP contribution in [0.25, 0.3) is 0 Å². The molecule has 2 heterocycles. The van der Waals surface area contributed by atoms with E-state index in [0.29, 0.717) is 17.7 Å². The van der Waals surface area contributed by atoms with Crippen LogP contribution in [0.1, 0.15) is 72.2 Å². The van der Waals surface area contributed by atoms with E-state index < -0.39 is 0 Å². The van der Waals surface area contributed by atoms with E-state index in [-0.39, 0.29) is 24.4 Å². The third kappa shape index (κ3) is 4.55. The van der Waals surface area contributed by atoms with E-state index in [1.54, 1.807) is 0 Å². The molecule has 1 aromatic heterocycles. The van der Waals surface area contributed by atoms with E-state index in [0.717, 1.165) is 57.3 Å². The Morgan fingerprint density at radius 3 is 2.43 bits per heavy atom. The molecule has 2 fully saturated rings. The van der Waals surface area contributed by atoms with Crippen LogP contribution in [-0.2, 0) is 0 Å². The molecule has 1 saturated heterocycles. The van der Waals surface area contributed by atoms with Crippen molar-refractivity contribution < 1.29 is 4.79 Å². The Hall–Kier alpha value is -1.92. The summed E-state index contributed by atoms with van der Waals surface area (Å²) >= 11 is 0. The molecule has 1 aliphatic carbocycles. The van der Waals surface area contributed by atoms with Gasteiger partial charge in [-0.25, -0.2) is 4.68 Å². The SMILES string of the molecule is Cc1c(C(=O)NC2CCC(c3ccccc3)CC2)nnn1C1CCNCC1.Cl. The number of nitrogens with zero attached hydrogens (tertiary/aromatic N) is 3. The second-order valence-corrected chi connectivity index (χ2v) is 7.88. The van der Waals surface area contributed by atoms with Gasteiger partial charge in [0.2, 0.25) is 0 Å². The highest BCUT2D eigenvalue weighted by Crippen LogP contribution is 2.32. The Balaban J connectivity index is 0.00000225. The molecule has 1 aliphatic heterocycles. The van der Waals surface area contributed by atoms with Crippen LogP contribution >= 0.6 is 12.4 Å². The quantitative estimate of drug-likeness (QED) is 0.820. The van der Waals surface area contributed by atoms with Crippen LogP contribution in [0.15, 0.2) is 30.3 Å². The lowest BCUT2D eigenvalue weighted by Crippen LogP contribution is -2.38. The predicted octanol–water partition coefficient (Wildman–Crippen LogP) is 3.39. The molecule has 152 valence electrons. The summed E-state index contributed by atoms with van der Waals surface area (Å²) in [6, 6.07) is 11.3. The lowest BCUT2D eigenvalue weighted by molar-refractivity contribution is 0.0920. The van der Waals surface area contributed by atoms with Gasteiger partial charge in [0.1, 0.15) is 0 Å². The van der Waals surface area contributed by atoms with Gasteiger partial charge in [-0.1, -0.05) is 35.5 Å². The van der Waals surface area contributed by atoms with Gasteiger partial charge in [0.05, 0.1) is 11.7 Å². The lowest BCUT2D eigenvalue weighted by Gasteiger charge is -2.29. The maximum absolute atomic E-state index is 12.7. The van der Waals surface area contributed by atoms with Crippen LogP contribution in [-0.4, -0.2) is 40.0 Å². The maximum atomic E-state index is 12.7. The highest BCUT2D eigenvalue weighted by molar-refractivity contribution is 5.93. The molecule has 2 aromatic rings. The third-order valence-corrected chi connectivity index (χ3v) is 6.13. The van der Waals surface area contributed by atoms with E-state index in [2.05, 4.69) is 51.3 Å². The van der Waals surface area contributed by atoms with Crippen molar-refractivity contribution in [1.29, 1.82) is 0 Å². The van der Waals surface area contributed by atoms with Crippen molar-refractivity contribution in [1.82, 2.24) is 25.6 Å². The zero-order valence-electron chi connectivity index (χ0n) is 16.4. The first-order valence-electron chi connectivity index (χ1n) is 10.2. The molecule has 0 unspecified atom stereocenters. The number of amides is 1. The summed E-state index contributed by atoms with van der Waals surface area (Å²) in [7, 11) is 0. The molecule has 0 radical (unpaired) electrons. The standard InChI is InChI=1S/C21H29N5O.ClH/c1-15-20(24-25-26(15)19-11-13-22-14-12-19)21(27)23-18-9-7-17(8-10-18)16-5-3-2-4-6-16;/h2-6,17-19,22H,7-14H2,1H3,(H,23,27);1H. The summed E-state index contributed by atoms with van der Waals surface area (Å²) in [5, 5.41) is 15.0. The number of piperidine rings is 1. The predicted molar refractivity (Wildman–Crippen MR) is 112 cm³/mol. The van der Waals surface area contributed by atoms with Gasteiger partial charge in [0.15, 0.2) is 5.69 Å². The zero-order chi connectivity index (χ0) is 18.6. The number of nitrogens with one attached hydrogen (secondary N) is 2. The average molecular weight is 404 g/mol. The molecule has 1 aromatic carbocycles. The summed E-state index contributed by atoms with van der Waals surface area (Å²) in [6.45, 7) is 3.95. The highest BCUT2D eigenvalue weighted by Gasteiger charge is 2.27. The van der Waals surface area contributed by atoms with E-state index in [9.17, 15) is 4.79 Å². The van der Waals surface area contributed by atoms with Crippen molar-refractivity contribution in [3.05, 3.63) is 47.3 Å². The number of rotatable bonds is 4. The first-order valence-corrected chi connectivity index (χ1v) is 10.2. The number of halogens is 1. The van der Waals surface area contributed by atoms with Crippen molar-refractivity contribution in [2.45, 2.75) is 63.5 Å². The zero-order valence-corrected chi connectivity index (χ0v) is 17.3. The van der Waals surface area contributed by atoms with Gasteiger partial charge >= 0.3 is 0 Å². The molecule has 4 rings (SSSR count). The van der Waals surface area contributed by atoms with Crippen molar-refractivity contribution in [3.8, 4) is 0 Å². The maximum Gasteiger partial charge on any atom is 0.273 e. The van der Waals surface area contributed by atoms with Gasteiger partial charge < -0.3 is 10.6 Å². The van der Waals surface area contributed by atoms with Crippen molar-refractivity contribution in [2.75, 3.05) is 13.1 Å². The van der Waals surface area contributed by atoms with Gasteiger partial charge in [-0.15, -0.1) is 17.5 Å². The largest absolute Gasteiger partial charge is 0.348 e. The fraction of sp³-hybridized carbons (Fsp3) is 0.571. The van der Waals surface area contributed by atoms with Gasteiger partial charge in [-0.05, 0) is 70.0 Å². The van der Waals surface area contributed by atoms with Crippen LogP contribution in [0, 0.1) is 6.92 Å². The van der Waals surface area contributed by atoms with E-state index in [1.165, 1.54) is 5.56 Å². The minimum Gasteiger partial charge on any atom is -0.348 e. The topological polar surface area (TPSA) is 71.8 Å². The molecule has 2 aliphatic rings. The van der Waals surface area contributed by atoms with Crippen molar-refractivity contribution >= 4 is 18.3 Å². The van der Waals surface area contributed by atoms with Gasteiger partial charge in [-0.3, -0.25) is 4.79 Å². The smallest absolute Gasteiger partial charge is 0.273 e. The summed E-state index contributed by atoms with van der Waals surface area (Å²) < 4.78 is 1.95. The molecule has 28 heavy (non-hydrogen) atoms. The molecule has 0 bridgehead atoms. The summed E-state index contributed by atoms with van der Waals surface area (Å²) in [5.41, 5.74) is 2.79. The Bertz CT molecular complexity index is 764. The summed E-state index contributed by atoms with van der Waals surface area (Å²) in [4.78, 5) is 12.7. The summed E-state index contributed by atoms with van der Waals surface area (Å²) in [5.74, 6) is 0.540. The normalized spacial score (nSPS) is 23.0. The first kappa shape index (κ1) is 20.8. The Morgan fingerprint density at radius 2 is 1.75 bits per heavy atom. The third-order valence-electron chi connectivity index (χ3n) is 6.13. The van der Waals surface area contributed by atoms with Gasteiger partial charge in [-0.2, -0.15) is 0 Å². The average Bonchev–Trinajstić information content (AvgIpc) is 3.11. The second-order valence-electron chi connectivity index (χ2n) is 7.88. The molecule has 0 atom stereocenters. The number of carbonyl (C=O) groups excluding carboxylic acids is 1. The van der Waals surface area contributed by atoms with Crippen LogP contribution in [0.2, 0.25) is 0 Å². The minimum absolute atomic E-state index is 0. The molecule has 0 spiro atoms. The molecule has 1 saturated carbocycles. The summed E-state index contributed by atoms with van der Waals surface area (Å²) in [6.07, 6.45) is 6.36. The highest BCUT2D eigenvalue weighted by atomic mass is 35.5.